The van der Waals surface area contributed by atoms with Crippen LogP contribution in [-0.4, -0.2) is 72.2 Å². The minimum absolute atomic E-state index is 0.571. The van der Waals surface area contributed by atoms with Gasteiger partial charge in [0.05, 0.1) is 32.1 Å². The lowest BCUT2D eigenvalue weighted by molar-refractivity contribution is -0.0660. The second-order valence-electron chi connectivity index (χ2n) is 8.30. The van der Waals surface area contributed by atoms with Crippen molar-refractivity contribution in [2.45, 2.75) is 19.4 Å². The van der Waals surface area contributed by atoms with Crippen molar-refractivity contribution in [2.75, 3.05) is 56.7 Å². The molecule has 168 valence electrons. The monoisotopic (exact) mass is 434 g/mol. The number of nitrogens with one attached hydrogen (secondary N) is 1. The summed E-state index contributed by atoms with van der Waals surface area (Å²) >= 11 is 0. The number of nitrogens with zero attached hydrogens (tertiary/aromatic N) is 5. The Hall–Kier alpha value is -3.10. The fourth-order valence-electron chi connectivity index (χ4n) is 4.24. The molecule has 8 nitrogen and oxygen atoms in total. The smallest absolute Gasteiger partial charge is 0.246 e. The number of ether oxygens (including phenoxy) is 2. The molecule has 1 aromatic heterocycles. The summed E-state index contributed by atoms with van der Waals surface area (Å²) in [5.74, 6) is 1.36. The van der Waals surface area contributed by atoms with Gasteiger partial charge in [0.25, 0.3) is 0 Å². The summed E-state index contributed by atoms with van der Waals surface area (Å²) in [4.78, 5) is 9.48. The molecule has 32 heavy (non-hydrogen) atoms. The molecule has 0 atom stereocenters. The van der Waals surface area contributed by atoms with Crippen molar-refractivity contribution in [2.24, 2.45) is 0 Å². The maximum Gasteiger partial charge on any atom is 0.246 e. The van der Waals surface area contributed by atoms with Crippen LogP contribution in [0.1, 0.15) is 12.5 Å². The van der Waals surface area contributed by atoms with Crippen LogP contribution in [0.15, 0.2) is 48.8 Å². The van der Waals surface area contributed by atoms with Gasteiger partial charge in [0, 0.05) is 43.6 Å². The van der Waals surface area contributed by atoms with E-state index < -0.39 is 0 Å². The molecule has 0 unspecified atom stereocenters. The number of hydrogen-bond acceptors (Lipinski definition) is 7. The number of anilines is 3. The second kappa shape index (κ2) is 9.18. The van der Waals surface area contributed by atoms with Crippen molar-refractivity contribution in [3.8, 4) is 11.4 Å². The zero-order valence-electron chi connectivity index (χ0n) is 18.7. The highest BCUT2D eigenvalue weighted by Gasteiger charge is 2.29. The molecule has 2 aromatic carbocycles. The number of rotatable bonds is 7. The molecule has 2 aliphatic rings. The fourth-order valence-corrected chi connectivity index (χ4v) is 4.24. The Morgan fingerprint density at radius 1 is 1.06 bits per heavy atom. The van der Waals surface area contributed by atoms with Crippen molar-refractivity contribution >= 4 is 17.3 Å². The van der Waals surface area contributed by atoms with E-state index in [4.69, 9.17) is 9.47 Å². The molecule has 0 saturated carbocycles. The van der Waals surface area contributed by atoms with Gasteiger partial charge in [0.15, 0.2) is 0 Å². The van der Waals surface area contributed by atoms with E-state index in [0.29, 0.717) is 12.0 Å². The first-order chi connectivity index (χ1) is 15.7. The standard InChI is InChI=1S/C24H30N6O2/c1-3-18-11-19(13-21(12-18)28-7-9-29(10-8-28)22-15-32-16-22)26-24-25-17-30(27-24)20-5-4-6-23(14-20)31-2/h4-6,11-14,17,22H,3,7-10,15-16H2,1-2H3,(H,26,27). The summed E-state index contributed by atoms with van der Waals surface area (Å²) < 4.78 is 12.4. The third-order valence-electron chi connectivity index (χ3n) is 6.27. The lowest BCUT2D eigenvalue weighted by atomic mass is 10.1. The van der Waals surface area contributed by atoms with Crippen molar-refractivity contribution in [1.82, 2.24) is 19.7 Å². The van der Waals surface area contributed by atoms with Gasteiger partial charge in [-0.05, 0) is 42.3 Å². The average Bonchev–Trinajstić information content (AvgIpc) is 3.26. The minimum Gasteiger partial charge on any atom is -0.497 e. The number of benzene rings is 2. The van der Waals surface area contributed by atoms with Crippen LogP contribution in [0, 0.1) is 0 Å². The number of aryl methyl sites for hydroxylation is 1. The first-order valence-electron chi connectivity index (χ1n) is 11.3. The Bertz CT molecular complexity index is 1060. The van der Waals surface area contributed by atoms with E-state index in [-0.39, 0.29) is 0 Å². The largest absolute Gasteiger partial charge is 0.497 e. The normalized spacial score (nSPS) is 17.2. The predicted octanol–water partition coefficient (Wildman–Crippen LogP) is 3.10. The lowest BCUT2D eigenvalue weighted by Crippen LogP contribution is -2.56. The fraction of sp³-hybridized carbons (Fsp3) is 0.417. The van der Waals surface area contributed by atoms with E-state index in [2.05, 4.69) is 50.3 Å². The number of aromatic nitrogens is 3. The first kappa shape index (κ1) is 20.8. The molecular weight excluding hydrogens is 404 g/mol. The van der Waals surface area contributed by atoms with E-state index in [1.807, 2.05) is 24.3 Å². The Kier molecular flexibility index (Phi) is 5.96. The van der Waals surface area contributed by atoms with Crippen LogP contribution in [0.4, 0.5) is 17.3 Å². The molecule has 8 heteroatoms. The highest BCUT2D eigenvalue weighted by Crippen LogP contribution is 2.27. The van der Waals surface area contributed by atoms with Gasteiger partial charge in [-0.25, -0.2) is 4.68 Å². The highest BCUT2D eigenvalue weighted by molar-refractivity contribution is 5.64. The van der Waals surface area contributed by atoms with Gasteiger partial charge in [-0.2, -0.15) is 4.98 Å². The Labute approximate surface area is 188 Å². The van der Waals surface area contributed by atoms with E-state index in [1.54, 1.807) is 18.1 Å². The number of methoxy groups -OCH3 is 1. The zero-order valence-corrected chi connectivity index (χ0v) is 18.7. The Balaban J connectivity index is 1.30. The molecule has 0 aliphatic carbocycles. The van der Waals surface area contributed by atoms with Gasteiger partial charge in [0.2, 0.25) is 5.95 Å². The minimum atomic E-state index is 0.571. The summed E-state index contributed by atoms with van der Waals surface area (Å²) in [7, 11) is 1.66. The van der Waals surface area contributed by atoms with Gasteiger partial charge in [-0.1, -0.05) is 13.0 Å². The van der Waals surface area contributed by atoms with Crippen molar-refractivity contribution in [1.29, 1.82) is 0 Å². The molecule has 0 bridgehead atoms. The second-order valence-corrected chi connectivity index (χ2v) is 8.30. The van der Waals surface area contributed by atoms with Gasteiger partial charge in [-0.15, -0.1) is 5.10 Å². The molecule has 1 N–H and O–H groups in total. The van der Waals surface area contributed by atoms with Crippen LogP contribution >= 0.6 is 0 Å². The Morgan fingerprint density at radius 3 is 2.62 bits per heavy atom. The van der Waals surface area contributed by atoms with Crippen LogP contribution in [0.25, 0.3) is 5.69 Å². The Morgan fingerprint density at radius 2 is 1.91 bits per heavy atom. The SMILES string of the molecule is CCc1cc(Nc2ncn(-c3cccc(OC)c3)n2)cc(N2CCN(C3COC3)CC2)c1. The van der Waals surface area contributed by atoms with Crippen LogP contribution in [0.3, 0.4) is 0 Å². The van der Waals surface area contributed by atoms with Crippen molar-refractivity contribution in [3.05, 3.63) is 54.4 Å². The topological polar surface area (TPSA) is 67.7 Å². The molecule has 2 saturated heterocycles. The molecule has 2 aliphatic heterocycles. The zero-order chi connectivity index (χ0) is 21.9. The van der Waals surface area contributed by atoms with Gasteiger partial charge in [0.1, 0.15) is 12.1 Å². The molecule has 3 aromatic rings. The molecular formula is C24H30N6O2. The third kappa shape index (κ3) is 4.42. The highest BCUT2D eigenvalue weighted by atomic mass is 16.5. The van der Waals surface area contributed by atoms with Crippen LogP contribution < -0.4 is 15.0 Å². The quantitative estimate of drug-likeness (QED) is 0.613. The molecule has 2 fully saturated rings. The molecule has 3 heterocycles. The van der Waals surface area contributed by atoms with Crippen molar-refractivity contribution in [3.63, 3.8) is 0 Å². The maximum absolute atomic E-state index is 5.36. The van der Waals surface area contributed by atoms with E-state index in [1.165, 1.54) is 11.3 Å². The average molecular weight is 435 g/mol. The van der Waals surface area contributed by atoms with Crippen molar-refractivity contribution < 1.29 is 9.47 Å². The van der Waals surface area contributed by atoms with Gasteiger partial charge < -0.3 is 19.7 Å². The molecule has 5 rings (SSSR count). The lowest BCUT2D eigenvalue weighted by Gasteiger charge is -2.43. The van der Waals surface area contributed by atoms with E-state index in [0.717, 1.165) is 62.9 Å². The van der Waals surface area contributed by atoms with Crippen LogP contribution in [-0.2, 0) is 11.2 Å². The summed E-state index contributed by atoms with van der Waals surface area (Å²) in [5, 5.41) is 8.00. The third-order valence-corrected chi connectivity index (χ3v) is 6.27. The molecule has 0 amide bonds. The summed E-state index contributed by atoms with van der Waals surface area (Å²) in [5.41, 5.74) is 4.47. The predicted molar refractivity (Wildman–Crippen MR) is 125 cm³/mol. The summed E-state index contributed by atoms with van der Waals surface area (Å²) in [6.07, 6.45) is 2.69. The van der Waals surface area contributed by atoms with Crippen LogP contribution in [0.5, 0.6) is 5.75 Å². The summed E-state index contributed by atoms with van der Waals surface area (Å²) in [6.45, 7) is 8.19. The van der Waals surface area contributed by atoms with E-state index >= 15 is 0 Å². The number of piperazine rings is 1. The number of hydrogen-bond donors (Lipinski definition) is 1. The summed E-state index contributed by atoms with van der Waals surface area (Å²) in [6, 6.07) is 15.1. The van der Waals surface area contributed by atoms with Gasteiger partial charge >= 0.3 is 0 Å². The maximum atomic E-state index is 5.36. The van der Waals surface area contributed by atoms with Crippen LogP contribution in [0.2, 0.25) is 0 Å². The molecule has 0 radical (unpaired) electrons. The molecule has 0 spiro atoms. The van der Waals surface area contributed by atoms with E-state index in [9.17, 15) is 0 Å². The van der Waals surface area contributed by atoms with Gasteiger partial charge in [-0.3, -0.25) is 4.90 Å². The first-order valence-corrected chi connectivity index (χ1v) is 11.3.